The topological polar surface area (TPSA) is 151 Å². The number of oxazole rings is 1. The summed E-state index contributed by atoms with van der Waals surface area (Å²) in [6.45, 7) is 9.04. The molecule has 1 amide bonds. The molecule has 12 nitrogen and oxygen atoms in total. The molecule has 2 aliphatic carbocycles. The van der Waals surface area contributed by atoms with Crippen LogP contribution in [-0.2, 0) is 27.8 Å². The maximum atomic E-state index is 13.1. The number of likely N-dealkylation sites (tertiary alicyclic amines) is 2. The van der Waals surface area contributed by atoms with Crippen LogP contribution in [0.15, 0.2) is 53.1 Å². The summed E-state index contributed by atoms with van der Waals surface area (Å²) in [7, 11) is -2.07. The van der Waals surface area contributed by atoms with Crippen molar-refractivity contribution in [1.82, 2.24) is 29.5 Å². The van der Waals surface area contributed by atoms with E-state index in [-0.39, 0.29) is 18.1 Å². The number of carbonyl (C=O) groups excluding carboxylic acids is 1. The fraction of sp³-hybridized carbons (Fsp3) is 0.442. The number of β-amino-alcohol motifs (C(OH)–C–C–N with tert-alkyl or cyclic N) is 1. The Morgan fingerprint density at radius 3 is 2.44 bits per heavy atom. The number of rotatable bonds is 10. The largest absolute Gasteiger partial charge is 0.480 e. The second kappa shape index (κ2) is 14.5. The predicted octanol–water partition coefficient (Wildman–Crippen LogP) is 6.77. The lowest BCUT2D eigenvalue weighted by molar-refractivity contribution is -0.122. The van der Waals surface area contributed by atoms with E-state index in [1.165, 1.54) is 0 Å². The molecule has 9 rings (SSSR count). The van der Waals surface area contributed by atoms with Crippen LogP contribution in [0.4, 0.5) is 0 Å². The molecule has 1 saturated carbocycles. The minimum Gasteiger partial charge on any atom is -0.480 e. The van der Waals surface area contributed by atoms with E-state index in [0.29, 0.717) is 79.0 Å². The van der Waals surface area contributed by atoms with Gasteiger partial charge < -0.3 is 14.3 Å². The Morgan fingerprint density at radius 2 is 1.74 bits per heavy atom. The molecule has 0 spiro atoms. The lowest BCUT2D eigenvalue weighted by atomic mass is 9.90. The van der Waals surface area contributed by atoms with Crippen molar-refractivity contribution >= 4 is 38.6 Å². The van der Waals surface area contributed by atoms with E-state index in [1.807, 2.05) is 24.3 Å². The number of ether oxygens (including phenoxy) is 1. The molecule has 2 saturated heterocycles. The highest BCUT2D eigenvalue weighted by molar-refractivity contribution is 7.91. The van der Waals surface area contributed by atoms with Crippen molar-refractivity contribution in [1.29, 1.82) is 0 Å². The normalized spacial score (nSPS) is 22.0. The number of sulfonamides is 1. The van der Waals surface area contributed by atoms with E-state index in [9.17, 15) is 18.3 Å². The zero-order valence-electron chi connectivity index (χ0n) is 32.6. The van der Waals surface area contributed by atoms with Crippen LogP contribution in [0, 0.1) is 19.8 Å². The Labute approximate surface area is 337 Å². The highest BCUT2D eigenvalue weighted by Crippen LogP contribution is 2.46. The summed E-state index contributed by atoms with van der Waals surface area (Å²) in [5.74, 6) is 0.172. The molecule has 3 aromatic carbocycles. The van der Waals surface area contributed by atoms with Crippen molar-refractivity contribution in [3.8, 4) is 39.7 Å². The highest BCUT2D eigenvalue weighted by atomic mass is 35.5. The van der Waals surface area contributed by atoms with Gasteiger partial charge in [-0.15, -0.1) is 0 Å². The van der Waals surface area contributed by atoms with Gasteiger partial charge in [0, 0.05) is 43.3 Å². The molecule has 3 atom stereocenters. The molecule has 4 aliphatic rings. The minimum absolute atomic E-state index is 0.0534. The number of nitrogens with one attached hydrogen (secondary N) is 1. The quantitative estimate of drug-likeness (QED) is 0.154. The van der Waals surface area contributed by atoms with Crippen LogP contribution in [0.2, 0.25) is 5.02 Å². The van der Waals surface area contributed by atoms with E-state index in [1.54, 1.807) is 20.2 Å². The molecule has 2 N–H and O–H groups in total. The maximum Gasteiger partial charge on any atom is 0.240 e. The molecular weight excluding hydrogens is 764 g/mol. The fourth-order valence-corrected chi connectivity index (χ4v) is 10.6. The highest BCUT2D eigenvalue weighted by Gasteiger charge is 2.51. The van der Waals surface area contributed by atoms with Gasteiger partial charge in [0.15, 0.2) is 5.58 Å². The molecule has 0 unspecified atom stereocenters. The van der Waals surface area contributed by atoms with Crippen molar-refractivity contribution < 1.29 is 27.5 Å². The second-order valence-electron chi connectivity index (χ2n) is 16.4. The number of hydrogen-bond donors (Lipinski definition) is 2. The van der Waals surface area contributed by atoms with Gasteiger partial charge in [0.1, 0.15) is 11.2 Å². The number of nitrogens with zero attached hydrogens (tertiary/aromatic N) is 5. The number of amides is 1. The van der Waals surface area contributed by atoms with Crippen LogP contribution in [0.3, 0.4) is 0 Å². The first-order valence-electron chi connectivity index (χ1n) is 19.8. The number of methoxy groups -OCH3 is 1. The van der Waals surface area contributed by atoms with Crippen molar-refractivity contribution in [2.24, 2.45) is 5.92 Å². The van der Waals surface area contributed by atoms with E-state index in [2.05, 4.69) is 46.6 Å². The average molecular weight is 811 g/mol. The molecule has 5 aromatic rings. The third-order valence-electron chi connectivity index (χ3n) is 12.7. The number of hydrogen-bond acceptors (Lipinski definition) is 11. The monoisotopic (exact) mass is 810 g/mol. The molecule has 2 aliphatic heterocycles. The lowest BCUT2D eigenvalue weighted by Gasteiger charge is -2.25. The zero-order chi connectivity index (χ0) is 39.8. The summed E-state index contributed by atoms with van der Waals surface area (Å²) < 4.78 is 39.2. The average Bonchev–Trinajstić information content (AvgIpc) is 3.66. The number of benzene rings is 3. The number of carbonyl (C=O) groups is 1. The van der Waals surface area contributed by atoms with Crippen molar-refractivity contribution in [2.75, 3.05) is 33.3 Å². The standard InChI is InChI=1S/C43H47ClN6O6S/c1-24-28(7-5-9-30(24)35-20-45-36(42(47-35)55-4)23-49-17-14-27(51)22-49)29-8-6-10-31(25(29)2)41-46-34-19-33-32(38(44)39(34)56-41)11-12-37(33)50-18-13-26(21-50)40(52)48-57(53,54)43(3)15-16-43/h5-10,19-20,26-27,37,51H,11-18,21-23H2,1-4H3,(H,48,52)/t26-,27-,37-/m1/s1. The Hall–Kier alpha value is -4.40. The molecule has 4 heterocycles. The summed E-state index contributed by atoms with van der Waals surface area (Å²) in [5, 5.41) is 10.5. The first-order chi connectivity index (χ1) is 27.3. The third-order valence-corrected chi connectivity index (χ3v) is 15.3. The summed E-state index contributed by atoms with van der Waals surface area (Å²) >= 11 is 7.09. The van der Waals surface area contributed by atoms with Gasteiger partial charge in [-0.2, -0.15) is 0 Å². The van der Waals surface area contributed by atoms with Crippen molar-refractivity contribution in [3.63, 3.8) is 0 Å². The van der Waals surface area contributed by atoms with Crippen LogP contribution in [0.25, 0.3) is 44.9 Å². The van der Waals surface area contributed by atoms with Crippen LogP contribution >= 0.6 is 11.6 Å². The van der Waals surface area contributed by atoms with Gasteiger partial charge in [0.25, 0.3) is 0 Å². The summed E-state index contributed by atoms with van der Waals surface area (Å²) in [6.07, 6.45) is 5.63. The van der Waals surface area contributed by atoms with Crippen molar-refractivity contribution in [2.45, 2.75) is 82.7 Å². The van der Waals surface area contributed by atoms with Crippen LogP contribution in [-0.4, -0.2) is 88.3 Å². The molecule has 2 aromatic heterocycles. The molecule has 298 valence electrons. The Kier molecular flexibility index (Phi) is 9.67. The van der Waals surface area contributed by atoms with Gasteiger partial charge in [0.2, 0.25) is 27.7 Å². The molecule has 3 fully saturated rings. The molecule has 57 heavy (non-hydrogen) atoms. The third kappa shape index (κ3) is 6.80. The number of fused-ring (bicyclic) bond motifs is 2. The second-order valence-corrected chi connectivity index (χ2v) is 19.0. The summed E-state index contributed by atoms with van der Waals surface area (Å²) in [4.78, 5) is 32.1. The molecule has 0 radical (unpaired) electrons. The molecular formula is C43H47ClN6O6S. The van der Waals surface area contributed by atoms with Gasteiger partial charge in [-0.3, -0.25) is 24.3 Å². The Morgan fingerprint density at radius 1 is 1.02 bits per heavy atom. The van der Waals surface area contributed by atoms with Crippen molar-refractivity contribution in [3.05, 3.63) is 81.6 Å². The van der Waals surface area contributed by atoms with E-state index < -0.39 is 20.7 Å². The van der Waals surface area contributed by atoms with Gasteiger partial charge in [-0.1, -0.05) is 41.9 Å². The molecule has 14 heteroatoms. The van der Waals surface area contributed by atoms with Gasteiger partial charge in [0.05, 0.1) is 40.8 Å². The number of halogens is 1. The van der Waals surface area contributed by atoms with E-state index in [4.69, 9.17) is 35.7 Å². The summed E-state index contributed by atoms with van der Waals surface area (Å²) in [5.41, 5.74) is 10.8. The van der Waals surface area contributed by atoms with Gasteiger partial charge in [-0.25, -0.2) is 18.4 Å². The predicted molar refractivity (Wildman–Crippen MR) is 218 cm³/mol. The molecule has 0 bridgehead atoms. The first-order valence-corrected chi connectivity index (χ1v) is 21.6. The zero-order valence-corrected chi connectivity index (χ0v) is 34.2. The van der Waals surface area contributed by atoms with Gasteiger partial charge in [-0.05, 0) is 111 Å². The fourth-order valence-electron chi connectivity index (χ4n) is 8.97. The number of aliphatic hydroxyl groups excluding tert-OH is 1. The summed E-state index contributed by atoms with van der Waals surface area (Å²) in [6, 6.07) is 14.4. The van der Waals surface area contributed by atoms with E-state index in [0.717, 1.165) is 76.0 Å². The van der Waals surface area contributed by atoms with Crippen LogP contribution < -0.4 is 9.46 Å². The Bertz CT molecular complexity index is 2540. The van der Waals surface area contributed by atoms with E-state index >= 15 is 0 Å². The number of aromatic nitrogens is 3. The SMILES string of the molecule is COc1nc(-c2cccc(-c3cccc(-c4nc5cc6c(c(Cl)c5o4)CC[C@H]6N4CC[C@@H](C(=O)NS(=O)(=O)C5(C)CC5)C4)c3C)c2C)cnc1CN1CC[C@@H](O)C1. The smallest absolute Gasteiger partial charge is 0.240 e. The Balaban J connectivity index is 0.970. The number of aliphatic hydroxyl groups is 1. The first kappa shape index (κ1) is 38.1. The lowest BCUT2D eigenvalue weighted by Crippen LogP contribution is -2.42. The van der Waals surface area contributed by atoms with Gasteiger partial charge >= 0.3 is 0 Å². The maximum absolute atomic E-state index is 13.1. The minimum atomic E-state index is -3.67. The van der Waals surface area contributed by atoms with Crippen LogP contribution in [0.5, 0.6) is 5.88 Å². The van der Waals surface area contributed by atoms with Crippen LogP contribution in [0.1, 0.15) is 73.0 Å².